The number of guanidine groups is 1. The Balaban J connectivity index is 1.75. The molecule has 1 saturated heterocycles. The van der Waals surface area contributed by atoms with Gasteiger partial charge < -0.3 is 10.6 Å². The summed E-state index contributed by atoms with van der Waals surface area (Å²) >= 11 is 0. The Morgan fingerprint density at radius 1 is 1.16 bits per heavy atom. The fraction of sp³-hybridized carbons (Fsp3) is 0.947. The van der Waals surface area contributed by atoms with E-state index in [9.17, 15) is 4.21 Å². The lowest BCUT2D eigenvalue weighted by Gasteiger charge is -2.40. The van der Waals surface area contributed by atoms with E-state index >= 15 is 0 Å². The van der Waals surface area contributed by atoms with Crippen LogP contribution in [0.2, 0.25) is 0 Å². The van der Waals surface area contributed by atoms with Crippen LogP contribution in [0.3, 0.4) is 0 Å². The van der Waals surface area contributed by atoms with E-state index in [1.54, 1.807) is 0 Å². The highest BCUT2D eigenvalue weighted by molar-refractivity contribution is 7.86. The van der Waals surface area contributed by atoms with Gasteiger partial charge in [-0.1, -0.05) is 19.3 Å². The van der Waals surface area contributed by atoms with Crippen molar-refractivity contribution in [3.8, 4) is 0 Å². The number of rotatable bonds is 5. The lowest BCUT2D eigenvalue weighted by atomic mass is 9.92. The van der Waals surface area contributed by atoms with Gasteiger partial charge in [-0.2, -0.15) is 0 Å². The molecule has 1 aliphatic carbocycles. The van der Waals surface area contributed by atoms with Crippen LogP contribution in [-0.2, 0) is 10.8 Å². The molecular weight excluding hydrogens is 332 g/mol. The molecule has 0 radical (unpaired) electrons. The van der Waals surface area contributed by atoms with Crippen LogP contribution in [0.5, 0.6) is 0 Å². The van der Waals surface area contributed by atoms with E-state index in [4.69, 9.17) is 0 Å². The third kappa shape index (κ3) is 6.89. The normalized spacial score (nSPS) is 25.6. The number of aliphatic imine (C=N–C) groups is 1. The Morgan fingerprint density at radius 2 is 1.88 bits per heavy atom. The molecule has 2 atom stereocenters. The lowest BCUT2D eigenvalue weighted by Crippen LogP contribution is -2.54. The van der Waals surface area contributed by atoms with Crippen molar-refractivity contribution in [3.05, 3.63) is 0 Å². The largest absolute Gasteiger partial charge is 0.355 e. The second kappa shape index (κ2) is 9.91. The highest BCUT2D eigenvalue weighted by Gasteiger charge is 2.27. The van der Waals surface area contributed by atoms with Gasteiger partial charge in [0.1, 0.15) is 0 Å². The maximum absolute atomic E-state index is 12.1. The molecule has 2 N–H and O–H groups in total. The molecule has 146 valence electrons. The molecule has 6 heteroatoms. The van der Waals surface area contributed by atoms with Gasteiger partial charge in [0.15, 0.2) is 5.96 Å². The molecule has 1 aliphatic heterocycles. The van der Waals surface area contributed by atoms with Crippen molar-refractivity contribution < 1.29 is 4.21 Å². The molecular formula is C19H38N4OS. The minimum atomic E-state index is -0.825. The van der Waals surface area contributed by atoms with E-state index in [1.165, 1.54) is 51.5 Å². The number of likely N-dealkylation sites (tertiary alicyclic amines) is 1. The minimum Gasteiger partial charge on any atom is -0.355 e. The molecule has 0 aromatic rings. The van der Waals surface area contributed by atoms with E-state index in [1.807, 2.05) is 27.8 Å². The average molecular weight is 371 g/mol. The SMILES string of the molecule is CN=C(NCCS(=O)C(C)(C)C)NC1CCCN(C2CCCCC2)C1. The summed E-state index contributed by atoms with van der Waals surface area (Å²) in [6, 6.07) is 1.26. The molecule has 2 unspecified atom stereocenters. The van der Waals surface area contributed by atoms with Crippen LogP contribution in [0.4, 0.5) is 0 Å². The molecule has 2 aliphatic rings. The van der Waals surface area contributed by atoms with Gasteiger partial charge in [-0.05, 0) is 53.0 Å². The summed E-state index contributed by atoms with van der Waals surface area (Å²) in [5, 5.41) is 6.93. The van der Waals surface area contributed by atoms with Crippen molar-refractivity contribution >= 4 is 16.8 Å². The minimum absolute atomic E-state index is 0.150. The maximum atomic E-state index is 12.1. The Morgan fingerprint density at radius 3 is 2.52 bits per heavy atom. The molecule has 0 bridgehead atoms. The van der Waals surface area contributed by atoms with Crippen molar-refractivity contribution in [2.24, 2.45) is 4.99 Å². The smallest absolute Gasteiger partial charge is 0.191 e. The van der Waals surface area contributed by atoms with Crippen molar-refractivity contribution in [1.29, 1.82) is 0 Å². The second-order valence-corrected chi connectivity index (χ2v) is 10.8. The van der Waals surface area contributed by atoms with Crippen LogP contribution in [0, 0.1) is 0 Å². The zero-order chi connectivity index (χ0) is 18.3. The maximum Gasteiger partial charge on any atom is 0.191 e. The predicted molar refractivity (Wildman–Crippen MR) is 109 cm³/mol. The quantitative estimate of drug-likeness (QED) is 0.577. The standard InChI is InChI=1S/C19H38N4OS/c1-19(2,3)25(24)14-12-21-18(20-4)22-16-9-8-13-23(15-16)17-10-6-5-7-11-17/h16-17H,5-15H2,1-4H3,(H2,20,21,22). The topological polar surface area (TPSA) is 56.7 Å². The first-order valence-electron chi connectivity index (χ1n) is 10.00. The molecule has 2 rings (SSSR count). The number of nitrogens with one attached hydrogen (secondary N) is 2. The fourth-order valence-electron chi connectivity index (χ4n) is 3.86. The van der Waals surface area contributed by atoms with Crippen molar-refractivity contribution in [1.82, 2.24) is 15.5 Å². The van der Waals surface area contributed by atoms with Gasteiger partial charge in [0, 0.05) is 53.5 Å². The van der Waals surface area contributed by atoms with Gasteiger partial charge in [0.25, 0.3) is 0 Å². The van der Waals surface area contributed by atoms with E-state index in [-0.39, 0.29) is 4.75 Å². The summed E-state index contributed by atoms with van der Waals surface area (Å²) in [7, 11) is 0.992. The number of hydrogen-bond donors (Lipinski definition) is 2. The molecule has 0 aromatic heterocycles. The van der Waals surface area contributed by atoms with Gasteiger partial charge in [-0.15, -0.1) is 0 Å². The Hall–Kier alpha value is -0.620. The zero-order valence-electron chi connectivity index (χ0n) is 16.6. The van der Waals surface area contributed by atoms with Crippen LogP contribution in [-0.4, -0.2) is 64.3 Å². The molecule has 5 nitrogen and oxygen atoms in total. The molecule has 0 spiro atoms. The molecule has 1 saturated carbocycles. The van der Waals surface area contributed by atoms with Gasteiger partial charge in [-0.3, -0.25) is 14.1 Å². The van der Waals surface area contributed by atoms with E-state index in [0.717, 1.165) is 18.5 Å². The fourth-order valence-corrected chi connectivity index (χ4v) is 4.76. The summed E-state index contributed by atoms with van der Waals surface area (Å²) < 4.78 is 12.0. The van der Waals surface area contributed by atoms with Crippen LogP contribution >= 0.6 is 0 Å². The van der Waals surface area contributed by atoms with Gasteiger partial charge >= 0.3 is 0 Å². The van der Waals surface area contributed by atoms with Crippen molar-refractivity contribution in [2.45, 2.75) is 82.5 Å². The zero-order valence-corrected chi connectivity index (χ0v) is 17.5. The molecule has 0 amide bonds. The highest BCUT2D eigenvalue weighted by Crippen LogP contribution is 2.25. The Kier molecular flexibility index (Phi) is 8.20. The first kappa shape index (κ1) is 20.7. The van der Waals surface area contributed by atoms with Crippen LogP contribution in [0.1, 0.15) is 65.7 Å². The van der Waals surface area contributed by atoms with Crippen LogP contribution in [0.15, 0.2) is 4.99 Å². The van der Waals surface area contributed by atoms with Gasteiger partial charge in [0.2, 0.25) is 0 Å². The lowest BCUT2D eigenvalue weighted by molar-refractivity contribution is 0.115. The van der Waals surface area contributed by atoms with E-state index in [0.29, 0.717) is 18.3 Å². The summed E-state index contributed by atoms with van der Waals surface area (Å²) in [6.07, 6.45) is 9.42. The summed E-state index contributed by atoms with van der Waals surface area (Å²) in [4.78, 5) is 7.05. The first-order chi connectivity index (χ1) is 11.9. The third-order valence-electron chi connectivity index (χ3n) is 5.37. The Bertz CT molecular complexity index is 455. The number of piperidine rings is 1. The van der Waals surface area contributed by atoms with Crippen molar-refractivity contribution in [2.75, 3.05) is 32.4 Å². The van der Waals surface area contributed by atoms with Crippen LogP contribution < -0.4 is 10.6 Å². The summed E-state index contributed by atoms with van der Waals surface area (Å²) in [5.41, 5.74) is 0. The highest BCUT2D eigenvalue weighted by atomic mass is 32.2. The number of nitrogens with zero attached hydrogens (tertiary/aromatic N) is 2. The molecule has 0 aromatic carbocycles. The van der Waals surface area contributed by atoms with E-state index in [2.05, 4.69) is 20.5 Å². The van der Waals surface area contributed by atoms with Gasteiger partial charge in [0.05, 0.1) is 0 Å². The monoisotopic (exact) mass is 370 g/mol. The summed E-state index contributed by atoms with van der Waals surface area (Å²) in [5.74, 6) is 1.50. The Labute approximate surface area is 156 Å². The molecule has 2 fully saturated rings. The van der Waals surface area contributed by atoms with Crippen molar-refractivity contribution in [3.63, 3.8) is 0 Å². The molecule has 25 heavy (non-hydrogen) atoms. The third-order valence-corrected chi connectivity index (χ3v) is 7.31. The molecule has 1 heterocycles. The first-order valence-corrected chi connectivity index (χ1v) is 11.3. The second-order valence-electron chi connectivity index (χ2n) is 8.43. The van der Waals surface area contributed by atoms with E-state index < -0.39 is 10.8 Å². The van der Waals surface area contributed by atoms with Gasteiger partial charge in [-0.25, -0.2) is 0 Å². The number of hydrogen-bond acceptors (Lipinski definition) is 3. The average Bonchev–Trinajstić information content (AvgIpc) is 2.61. The summed E-state index contributed by atoms with van der Waals surface area (Å²) in [6.45, 7) is 9.15. The predicted octanol–water partition coefficient (Wildman–Crippen LogP) is 2.50. The van der Waals surface area contributed by atoms with Crippen LogP contribution in [0.25, 0.3) is 0 Å².